The van der Waals surface area contributed by atoms with Crippen LogP contribution in [0.2, 0.25) is 0 Å². The van der Waals surface area contributed by atoms with Gasteiger partial charge in [0.1, 0.15) is 5.82 Å². The van der Waals surface area contributed by atoms with Crippen molar-refractivity contribution in [3.63, 3.8) is 0 Å². The van der Waals surface area contributed by atoms with Crippen LogP contribution in [-0.4, -0.2) is 48.0 Å². The zero-order valence-corrected chi connectivity index (χ0v) is 11.8. The number of piperidine rings is 1. The highest BCUT2D eigenvalue weighted by molar-refractivity contribution is 5.60. The molecule has 20 heavy (non-hydrogen) atoms. The average Bonchev–Trinajstić information content (AvgIpc) is 2.48. The van der Waals surface area contributed by atoms with Crippen molar-refractivity contribution in [2.24, 2.45) is 0 Å². The summed E-state index contributed by atoms with van der Waals surface area (Å²) >= 11 is 0. The van der Waals surface area contributed by atoms with Crippen molar-refractivity contribution in [1.82, 2.24) is 9.88 Å². The van der Waals surface area contributed by atoms with E-state index in [0.717, 1.165) is 19.6 Å². The molecule has 1 aromatic rings. The predicted molar refractivity (Wildman–Crippen MR) is 79.2 cm³/mol. The van der Waals surface area contributed by atoms with E-state index in [1.165, 1.54) is 25.3 Å². The number of anilines is 2. The van der Waals surface area contributed by atoms with Crippen LogP contribution in [0, 0.1) is 10.1 Å². The van der Waals surface area contributed by atoms with E-state index in [0.29, 0.717) is 18.2 Å². The summed E-state index contributed by atoms with van der Waals surface area (Å²) in [6.45, 7) is 3.80. The van der Waals surface area contributed by atoms with Crippen LogP contribution in [0.15, 0.2) is 12.1 Å². The van der Waals surface area contributed by atoms with E-state index in [2.05, 4.69) is 20.5 Å². The van der Waals surface area contributed by atoms with Crippen molar-refractivity contribution >= 4 is 17.3 Å². The molecule has 7 nitrogen and oxygen atoms in total. The average molecular weight is 279 g/mol. The molecular formula is C13H21N5O2. The van der Waals surface area contributed by atoms with Gasteiger partial charge < -0.3 is 15.5 Å². The molecule has 1 saturated heterocycles. The Bertz CT molecular complexity index is 460. The van der Waals surface area contributed by atoms with Gasteiger partial charge in [0.2, 0.25) is 5.82 Å². The second-order valence-corrected chi connectivity index (χ2v) is 4.90. The smallest absolute Gasteiger partial charge is 0.311 e. The van der Waals surface area contributed by atoms with Crippen LogP contribution in [-0.2, 0) is 0 Å². The maximum absolute atomic E-state index is 11.0. The van der Waals surface area contributed by atoms with Gasteiger partial charge in [-0.2, -0.15) is 0 Å². The van der Waals surface area contributed by atoms with Gasteiger partial charge in [0.05, 0.1) is 4.92 Å². The molecule has 7 heteroatoms. The lowest BCUT2D eigenvalue weighted by Gasteiger charge is -2.26. The monoisotopic (exact) mass is 279 g/mol. The van der Waals surface area contributed by atoms with Gasteiger partial charge in [0.15, 0.2) is 0 Å². The summed E-state index contributed by atoms with van der Waals surface area (Å²) in [5, 5.41) is 17.0. The van der Waals surface area contributed by atoms with Gasteiger partial charge in [-0.1, -0.05) is 6.42 Å². The summed E-state index contributed by atoms with van der Waals surface area (Å²) < 4.78 is 0. The quantitative estimate of drug-likeness (QED) is 0.611. The van der Waals surface area contributed by atoms with Crippen LogP contribution in [0.25, 0.3) is 0 Å². The molecule has 1 fully saturated rings. The number of nitro groups is 1. The van der Waals surface area contributed by atoms with Gasteiger partial charge in [-0.15, -0.1) is 0 Å². The SMILES string of the molecule is CNc1ccc([N+](=O)[O-])c(NCCN2CCCCC2)n1. The summed E-state index contributed by atoms with van der Waals surface area (Å²) in [7, 11) is 1.74. The fourth-order valence-electron chi connectivity index (χ4n) is 2.38. The minimum absolute atomic E-state index is 0.0163. The molecule has 1 aliphatic heterocycles. The second-order valence-electron chi connectivity index (χ2n) is 4.90. The Morgan fingerprint density at radius 1 is 1.35 bits per heavy atom. The van der Waals surface area contributed by atoms with E-state index in [4.69, 9.17) is 0 Å². The summed E-state index contributed by atoms with van der Waals surface area (Å²) in [4.78, 5) is 17.2. The number of nitrogens with zero attached hydrogens (tertiary/aromatic N) is 3. The first-order valence-electron chi connectivity index (χ1n) is 7.00. The lowest BCUT2D eigenvalue weighted by atomic mass is 10.1. The molecule has 0 amide bonds. The summed E-state index contributed by atoms with van der Waals surface area (Å²) in [6, 6.07) is 3.08. The minimum Gasteiger partial charge on any atom is -0.373 e. The molecule has 2 heterocycles. The maximum Gasteiger partial charge on any atom is 0.311 e. The van der Waals surface area contributed by atoms with Gasteiger partial charge >= 0.3 is 5.69 Å². The number of likely N-dealkylation sites (tertiary alicyclic amines) is 1. The summed E-state index contributed by atoms with van der Waals surface area (Å²) in [6.07, 6.45) is 3.79. The highest BCUT2D eigenvalue weighted by atomic mass is 16.6. The number of rotatable bonds is 6. The van der Waals surface area contributed by atoms with E-state index in [-0.39, 0.29) is 5.69 Å². The molecule has 0 aromatic carbocycles. The van der Waals surface area contributed by atoms with Crippen molar-refractivity contribution in [2.45, 2.75) is 19.3 Å². The van der Waals surface area contributed by atoms with E-state index in [1.54, 1.807) is 13.1 Å². The molecular weight excluding hydrogens is 258 g/mol. The van der Waals surface area contributed by atoms with Crippen LogP contribution in [0.3, 0.4) is 0 Å². The highest BCUT2D eigenvalue weighted by Crippen LogP contribution is 2.23. The Balaban J connectivity index is 1.94. The molecule has 0 spiro atoms. The van der Waals surface area contributed by atoms with Crippen LogP contribution in [0.1, 0.15) is 19.3 Å². The third-order valence-electron chi connectivity index (χ3n) is 3.50. The first kappa shape index (κ1) is 14.5. The largest absolute Gasteiger partial charge is 0.373 e. The van der Waals surface area contributed by atoms with Crippen molar-refractivity contribution in [1.29, 1.82) is 0 Å². The molecule has 1 aromatic heterocycles. The Morgan fingerprint density at radius 2 is 2.10 bits per heavy atom. The fraction of sp³-hybridized carbons (Fsp3) is 0.615. The third kappa shape index (κ3) is 3.80. The van der Waals surface area contributed by atoms with Gasteiger partial charge in [-0.25, -0.2) is 4.98 Å². The number of nitrogens with one attached hydrogen (secondary N) is 2. The second kappa shape index (κ2) is 7.04. The lowest BCUT2D eigenvalue weighted by Crippen LogP contribution is -2.33. The van der Waals surface area contributed by atoms with E-state index < -0.39 is 4.92 Å². The molecule has 0 radical (unpaired) electrons. The zero-order chi connectivity index (χ0) is 14.4. The highest BCUT2D eigenvalue weighted by Gasteiger charge is 2.16. The normalized spacial score (nSPS) is 15.8. The van der Waals surface area contributed by atoms with E-state index in [1.807, 2.05) is 0 Å². The van der Waals surface area contributed by atoms with E-state index >= 15 is 0 Å². The Labute approximate surface area is 118 Å². The van der Waals surface area contributed by atoms with Crippen LogP contribution in [0.4, 0.5) is 17.3 Å². The number of hydrogen-bond acceptors (Lipinski definition) is 6. The first-order valence-corrected chi connectivity index (χ1v) is 7.00. The number of aromatic nitrogens is 1. The molecule has 110 valence electrons. The van der Waals surface area contributed by atoms with Crippen molar-refractivity contribution in [3.8, 4) is 0 Å². The first-order chi connectivity index (χ1) is 9.70. The van der Waals surface area contributed by atoms with Crippen LogP contribution in [0.5, 0.6) is 0 Å². The summed E-state index contributed by atoms with van der Waals surface area (Å²) in [5.41, 5.74) is 0.0163. The molecule has 0 atom stereocenters. The molecule has 0 unspecified atom stereocenters. The molecule has 0 bridgehead atoms. The maximum atomic E-state index is 11.0. The Kier molecular flexibility index (Phi) is 5.11. The Hall–Kier alpha value is -1.89. The topological polar surface area (TPSA) is 83.3 Å². The standard InChI is InChI=1S/C13H21N5O2/c1-14-12-6-5-11(18(19)20)13(16-12)15-7-10-17-8-3-2-4-9-17/h5-6H,2-4,7-10H2,1H3,(H2,14,15,16). The lowest BCUT2D eigenvalue weighted by molar-refractivity contribution is -0.384. The molecule has 0 saturated carbocycles. The van der Waals surface area contributed by atoms with Crippen molar-refractivity contribution in [2.75, 3.05) is 43.9 Å². The van der Waals surface area contributed by atoms with Gasteiger partial charge in [0.25, 0.3) is 0 Å². The van der Waals surface area contributed by atoms with Crippen LogP contribution >= 0.6 is 0 Å². The van der Waals surface area contributed by atoms with E-state index in [9.17, 15) is 10.1 Å². The molecule has 2 N–H and O–H groups in total. The molecule has 1 aliphatic rings. The zero-order valence-electron chi connectivity index (χ0n) is 11.8. The molecule has 0 aliphatic carbocycles. The van der Waals surface area contributed by atoms with Gasteiger partial charge in [-0.3, -0.25) is 10.1 Å². The minimum atomic E-state index is -0.407. The molecule has 2 rings (SSSR count). The Morgan fingerprint density at radius 3 is 2.75 bits per heavy atom. The summed E-state index contributed by atoms with van der Waals surface area (Å²) in [5.74, 6) is 0.954. The predicted octanol–water partition coefficient (Wildman–Crippen LogP) is 1.93. The number of hydrogen-bond donors (Lipinski definition) is 2. The van der Waals surface area contributed by atoms with Crippen LogP contribution < -0.4 is 10.6 Å². The third-order valence-corrected chi connectivity index (χ3v) is 3.50. The van der Waals surface area contributed by atoms with Crippen molar-refractivity contribution < 1.29 is 4.92 Å². The van der Waals surface area contributed by atoms with Gasteiger partial charge in [0, 0.05) is 26.2 Å². The fourth-order valence-corrected chi connectivity index (χ4v) is 2.38. The van der Waals surface area contributed by atoms with Gasteiger partial charge in [-0.05, 0) is 32.0 Å². The number of pyridine rings is 1. The van der Waals surface area contributed by atoms with Crippen molar-refractivity contribution in [3.05, 3.63) is 22.2 Å².